The van der Waals surface area contributed by atoms with Crippen LogP contribution < -0.4 is 15.8 Å². The van der Waals surface area contributed by atoms with Crippen LogP contribution in [0.5, 0.6) is 5.75 Å². The molecule has 3 N–H and O–H groups in total. The summed E-state index contributed by atoms with van der Waals surface area (Å²) in [6, 6.07) is 4.75. The number of fused-ring (bicyclic) bond motifs is 1. The lowest BCUT2D eigenvalue weighted by molar-refractivity contribution is -0.274. The molecular weight excluding hydrogens is 543 g/mol. The fourth-order valence-electron chi connectivity index (χ4n) is 5.58. The average molecular weight is 582 g/mol. The highest BCUT2D eigenvalue weighted by Crippen LogP contribution is 2.31. The van der Waals surface area contributed by atoms with E-state index in [1.807, 2.05) is 4.90 Å². The normalized spacial score (nSPS) is 22.8. The van der Waals surface area contributed by atoms with Gasteiger partial charge < -0.3 is 39.8 Å². The molecule has 0 aromatic heterocycles. The molecule has 10 nitrogen and oxygen atoms in total. The van der Waals surface area contributed by atoms with Crippen molar-refractivity contribution < 1.29 is 36.9 Å². The number of nitrogens with one attached hydrogen (secondary N) is 1. The van der Waals surface area contributed by atoms with Crippen LogP contribution in [0.1, 0.15) is 30.4 Å². The highest BCUT2D eigenvalue weighted by atomic mass is 19.4. The van der Waals surface area contributed by atoms with Crippen molar-refractivity contribution in [1.82, 2.24) is 15.1 Å². The summed E-state index contributed by atoms with van der Waals surface area (Å²) in [6.45, 7) is 7.21. The molecule has 0 spiro atoms. The molecule has 2 atom stereocenters. The maximum Gasteiger partial charge on any atom is 0.573 e. The van der Waals surface area contributed by atoms with E-state index in [9.17, 15) is 18.0 Å². The summed E-state index contributed by atoms with van der Waals surface area (Å²) in [4.78, 5) is 21.3. The van der Waals surface area contributed by atoms with Crippen molar-refractivity contribution in [2.75, 3.05) is 47.1 Å². The number of likely N-dealkylation sites (tertiary alicyclic amines) is 1. The number of aliphatic imine (C=N–C) groups is 1. The number of piperidine rings is 1. The fraction of sp³-hybridized carbons (Fsp3) is 0.571. The molecule has 4 rings (SSSR count). The smallest absolute Gasteiger partial charge is 0.492 e. The first kappa shape index (κ1) is 30.7. The van der Waals surface area contributed by atoms with Crippen LogP contribution in [0.4, 0.5) is 13.2 Å². The van der Waals surface area contributed by atoms with E-state index < -0.39 is 6.36 Å². The summed E-state index contributed by atoms with van der Waals surface area (Å²) in [7, 11) is 3.11. The average Bonchev–Trinajstić information content (AvgIpc) is 2.96. The first-order valence-electron chi connectivity index (χ1n) is 13.6. The molecule has 2 saturated heterocycles. The molecule has 2 fully saturated rings. The van der Waals surface area contributed by atoms with Crippen molar-refractivity contribution in [3.05, 3.63) is 53.1 Å². The highest BCUT2D eigenvalue weighted by molar-refractivity contribution is 5.95. The van der Waals surface area contributed by atoms with Crippen molar-refractivity contribution in [2.24, 2.45) is 10.7 Å². The van der Waals surface area contributed by atoms with Crippen molar-refractivity contribution in [3.8, 4) is 5.75 Å². The van der Waals surface area contributed by atoms with Crippen LogP contribution >= 0.6 is 0 Å². The largest absolute Gasteiger partial charge is 0.573 e. The maximum atomic E-state index is 13.6. The summed E-state index contributed by atoms with van der Waals surface area (Å²) in [6.07, 6.45) is -0.796. The van der Waals surface area contributed by atoms with E-state index >= 15 is 0 Å². The van der Waals surface area contributed by atoms with E-state index in [2.05, 4.69) is 21.6 Å². The molecule has 13 heteroatoms. The van der Waals surface area contributed by atoms with Gasteiger partial charge in [0.05, 0.1) is 31.9 Å². The highest BCUT2D eigenvalue weighted by Gasteiger charge is 2.34. The minimum atomic E-state index is -4.78. The first-order valence-corrected chi connectivity index (χ1v) is 13.6. The zero-order valence-corrected chi connectivity index (χ0v) is 23.4. The summed E-state index contributed by atoms with van der Waals surface area (Å²) < 4.78 is 59.0. The van der Waals surface area contributed by atoms with Gasteiger partial charge in [0, 0.05) is 52.0 Å². The van der Waals surface area contributed by atoms with Crippen molar-refractivity contribution in [2.45, 2.75) is 56.8 Å². The SMILES string of the molecule is C=C(/C(OC)=C(\N=CN)C(=O)N1CCC(N[C@H]2CCOC[C@H]2OC)CC1)N1CCc2ccc(OC(F)(F)F)cc2C1. The Morgan fingerprint density at radius 3 is 2.59 bits per heavy atom. The Kier molecular flexibility index (Phi) is 10.2. The van der Waals surface area contributed by atoms with Crippen molar-refractivity contribution in [3.63, 3.8) is 0 Å². The molecule has 0 radical (unpaired) electrons. The molecule has 0 bridgehead atoms. The van der Waals surface area contributed by atoms with E-state index in [0.717, 1.165) is 31.2 Å². The number of hydrogen-bond donors (Lipinski definition) is 2. The second-order valence-electron chi connectivity index (χ2n) is 10.2. The molecule has 1 aromatic rings. The van der Waals surface area contributed by atoms with Crippen molar-refractivity contribution in [1.29, 1.82) is 0 Å². The second kappa shape index (κ2) is 13.6. The lowest BCUT2D eigenvalue weighted by atomic mass is 9.98. The molecule has 1 aromatic carbocycles. The lowest BCUT2D eigenvalue weighted by Crippen LogP contribution is -2.54. The molecule has 1 amide bonds. The number of nitrogens with zero attached hydrogens (tertiary/aromatic N) is 3. The van der Waals surface area contributed by atoms with E-state index in [-0.39, 0.29) is 47.8 Å². The second-order valence-corrected chi connectivity index (χ2v) is 10.2. The van der Waals surface area contributed by atoms with Gasteiger partial charge in [-0.3, -0.25) is 4.79 Å². The Balaban J connectivity index is 1.44. The van der Waals surface area contributed by atoms with Crippen LogP contribution in [0, 0.1) is 0 Å². The van der Waals surface area contributed by atoms with E-state index in [4.69, 9.17) is 19.9 Å². The van der Waals surface area contributed by atoms with Gasteiger partial charge in [0.25, 0.3) is 5.91 Å². The number of methoxy groups -OCH3 is 2. The van der Waals surface area contributed by atoms with Gasteiger partial charge in [0.15, 0.2) is 11.5 Å². The van der Waals surface area contributed by atoms with Crippen LogP contribution in [0.2, 0.25) is 0 Å². The van der Waals surface area contributed by atoms with Gasteiger partial charge in [-0.2, -0.15) is 0 Å². The fourth-order valence-corrected chi connectivity index (χ4v) is 5.58. The monoisotopic (exact) mass is 581 g/mol. The Morgan fingerprint density at radius 2 is 1.93 bits per heavy atom. The zero-order chi connectivity index (χ0) is 29.6. The number of rotatable bonds is 9. The quantitative estimate of drug-likeness (QED) is 0.151. The maximum absolute atomic E-state index is 13.6. The van der Waals surface area contributed by atoms with Crippen LogP contribution in [0.15, 0.2) is 46.9 Å². The molecule has 0 unspecified atom stereocenters. The Labute approximate surface area is 237 Å². The number of nitrogens with two attached hydrogens (primary N) is 1. The third kappa shape index (κ3) is 7.72. The molecule has 226 valence electrons. The van der Waals surface area contributed by atoms with Gasteiger partial charge in [0.1, 0.15) is 5.75 Å². The van der Waals surface area contributed by atoms with Gasteiger partial charge >= 0.3 is 6.36 Å². The van der Waals surface area contributed by atoms with E-state index in [0.29, 0.717) is 50.5 Å². The summed E-state index contributed by atoms with van der Waals surface area (Å²) in [5.74, 6) is -0.460. The Morgan fingerprint density at radius 1 is 1.17 bits per heavy atom. The summed E-state index contributed by atoms with van der Waals surface area (Å²) in [5, 5.41) is 3.67. The predicted molar refractivity (Wildman–Crippen MR) is 146 cm³/mol. The van der Waals surface area contributed by atoms with Crippen LogP contribution in [0.25, 0.3) is 0 Å². The third-order valence-electron chi connectivity index (χ3n) is 7.73. The molecule has 3 heterocycles. The molecule has 3 aliphatic rings. The zero-order valence-electron chi connectivity index (χ0n) is 23.4. The molecule has 3 aliphatic heterocycles. The number of alkyl halides is 3. The number of hydrogen-bond acceptors (Lipinski definition) is 8. The molecule has 0 aliphatic carbocycles. The van der Waals surface area contributed by atoms with Crippen molar-refractivity contribution >= 4 is 12.2 Å². The van der Waals surface area contributed by atoms with Gasteiger partial charge in [-0.15, -0.1) is 13.2 Å². The Bertz CT molecular complexity index is 1150. The molecular formula is C28H38F3N5O5. The number of benzene rings is 1. The van der Waals surface area contributed by atoms with E-state index in [1.165, 1.54) is 19.2 Å². The van der Waals surface area contributed by atoms with Gasteiger partial charge in [-0.05, 0) is 48.9 Å². The topological polar surface area (TPSA) is 111 Å². The number of amides is 1. The summed E-state index contributed by atoms with van der Waals surface area (Å²) >= 11 is 0. The van der Waals surface area contributed by atoms with Crippen LogP contribution in [-0.2, 0) is 32.0 Å². The number of carbonyl (C=O) groups is 1. The first-order chi connectivity index (χ1) is 19.6. The lowest BCUT2D eigenvalue weighted by Gasteiger charge is -2.38. The van der Waals surface area contributed by atoms with Gasteiger partial charge in [-0.25, -0.2) is 4.99 Å². The minimum absolute atomic E-state index is 0.00221. The Hall–Kier alpha value is -3.29. The number of carbonyl (C=O) groups excluding carboxylic acids is 1. The minimum Gasteiger partial charge on any atom is -0.492 e. The van der Waals surface area contributed by atoms with E-state index in [1.54, 1.807) is 18.1 Å². The number of halogens is 3. The van der Waals surface area contributed by atoms with Crippen LogP contribution in [-0.4, -0.2) is 93.7 Å². The molecule has 0 saturated carbocycles. The standard InChI is InChI=1S/C28H38F3N5O5/c1-18(36-10-6-19-4-5-22(14-20(19)15-36)41-28(29,30)31)26(39-3)25(33-17-32)27(37)35-11-7-21(8-12-35)34-23-9-13-40-16-24(23)38-2/h4-5,14,17,21,23-24,34H,1,6-13,15-16H2,2-3H3,(H2,32,33)/b26-25+/t23-,24+/m0/s1. The van der Waals surface area contributed by atoms with Gasteiger partial charge in [0.2, 0.25) is 0 Å². The predicted octanol–water partition coefficient (Wildman–Crippen LogP) is 2.69. The number of ether oxygens (including phenoxy) is 4. The summed E-state index contributed by atoms with van der Waals surface area (Å²) in [5.41, 5.74) is 7.61. The van der Waals surface area contributed by atoms with Crippen LogP contribution in [0.3, 0.4) is 0 Å². The van der Waals surface area contributed by atoms with Gasteiger partial charge in [-0.1, -0.05) is 12.6 Å². The third-order valence-corrected chi connectivity index (χ3v) is 7.73. The molecule has 41 heavy (non-hydrogen) atoms.